The molecule has 0 saturated carbocycles. The second kappa shape index (κ2) is 2.23. The van der Waals surface area contributed by atoms with E-state index in [-0.39, 0.29) is 0 Å². The lowest BCUT2D eigenvalue weighted by Crippen LogP contribution is -2.11. The third-order valence-electron chi connectivity index (χ3n) is 0.343. The summed E-state index contributed by atoms with van der Waals surface area (Å²) in [7, 11) is -4.14. The Morgan fingerprint density at radius 2 is 2.00 bits per heavy atom. The Bertz CT molecular complexity index is 177. The van der Waals surface area contributed by atoms with Gasteiger partial charge in [-0.25, -0.2) is 0 Å². The molecule has 0 spiro atoms. The molecule has 0 aliphatic carbocycles. The Kier molecular flexibility index (Phi) is 2.12. The number of ketones is 1. The molecule has 5 heteroatoms. The number of carbonyl (C=O) groups excluding carboxylic acids is 1. The van der Waals surface area contributed by atoms with Crippen LogP contribution in [0.4, 0.5) is 0 Å². The van der Waals surface area contributed by atoms with Crippen LogP contribution >= 0.6 is 0 Å². The van der Waals surface area contributed by atoms with Crippen molar-refractivity contribution in [1.82, 2.24) is 0 Å². The molecular weight excluding hydrogens is 132 g/mol. The van der Waals surface area contributed by atoms with Crippen molar-refractivity contribution in [3.63, 3.8) is 0 Å². The highest BCUT2D eigenvalue weighted by Gasteiger charge is 2.06. The normalized spacial score (nSPS) is 11.2. The summed E-state index contributed by atoms with van der Waals surface area (Å²) in [4.78, 5) is 9.81. The molecule has 0 aromatic carbocycles. The van der Waals surface area contributed by atoms with Gasteiger partial charge in [-0.15, -0.1) is 0 Å². The van der Waals surface area contributed by atoms with E-state index in [1.54, 1.807) is 0 Å². The van der Waals surface area contributed by atoms with Crippen LogP contribution in [0.25, 0.3) is 0 Å². The predicted molar refractivity (Wildman–Crippen MR) is 26.8 cm³/mol. The molecule has 0 aliphatic heterocycles. The first-order valence-electron chi connectivity index (χ1n) is 1.72. The molecule has 0 rings (SSSR count). The van der Waals surface area contributed by atoms with Crippen molar-refractivity contribution in [1.29, 1.82) is 0 Å². The van der Waals surface area contributed by atoms with Gasteiger partial charge in [-0.3, -0.25) is 9.35 Å². The predicted octanol–water partition coefficient (Wildman–Crippen LogP) is -0.723. The fraction of sp³-hybridized carbons (Fsp3) is 0.333. The van der Waals surface area contributed by atoms with Crippen molar-refractivity contribution in [3.05, 3.63) is 6.92 Å². The number of hydrogen-bond acceptors (Lipinski definition) is 3. The van der Waals surface area contributed by atoms with E-state index in [9.17, 15) is 13.2 Å². The lowest BCUT2D eigenvalue weighted by atomic mass is 10.5. The summed E-state index contributed by atoms with van der Waals surface area (Å²) in [5.74, 6) is -1.71. The van der Waals surface area contributed by atoms with Gasteiger partial charge in [0.25, 0.3) is 10.1 Å². The van der Waals surface area contributed by atoms with Crippen molar-refractivity contribution >= 4 is 15.9 Å². The van der Waals surface area contributed by atoms with Crippen LogP contribution in [0.15, 0.2) is 0 Å². The first-order valence-corrected chi connectivity index (χ1v) is 3.32. The van der Waals surface area contributed by atoms with Gasteiger partial charge in [-0.05, 0) is 0 Å². The first kappa shape index (κ1) is 7.58. The zero-order valence-electron chi connectivity index (χ0n) is 3.99. The molecule has 0 bridgehead atoms. The zero-order valence-corrected chi connectivity index (χ0v) is 4.81. The minimum atomic E-state index is -4.14. The van der Waals surface area contributed by atoms with Gasteiger partial charge in [-0.1, -0.05) is 0 Å². The fourth-order valence-electron chi connectivity index (χ4n) is 0.203. The summed E-state index contributed by atoms with van der Waals surface area (Å²) in [6.07, 6.45) is 0. The molecule has 0 unspecified atom stereocenters. The molecule has 4 nitrogen and oxygen atoms in total. The molecule has 1 N–H and O–H groups in total. The minimum Gasteiger partial charge on any atom is -0.298 e. The van der Waals surface area contributed by atoms with Gasteiger partial charge in [-0.2, -0.15) is 8.42 Å². The number of hydrogen-bond donors (Lipinski definition) is 1. The average molecular weight is 137 g/mol. The highest BCUT2D eigenvalue weighted by Crippen LogP contribution is 1.80. The van der Waals surface area contributed by atoms with Gasteiger partial charge < -0.3 is 0 Å². The van der Waals surface area contributed by atoms with Crippen LogP contribution in [0.2, 0.25) is 0 Å². The van der Waals surface area contributed by atoms with E-state index in [0.717, 1.165) is 0 Å². The Balaban J connectivity index is 3.95. The van der Waals surface area contributed by atoms with Crippen LogP contribution in [0.1, 0.15) is 0 Å². The van der Waals surface area contributed by atoms with Gasteiger partial charge in [0.15, 0.2) is 5.78 Å². The van der Waals surface area contributed by atoms with Crippen molar-refractivity contribution in [2.24, 2.45) is 0 Å². The highest BCUT2D eigenvalue weighted by molar-refractivity contribution is 7.86. The molecule has 1 radical (unpaired) electrons. The Morgan fingerprint density at radius 1 is 1.62 bits per heavy atom. The lowest BCUT2D eigenvalue weighted by molar-refractivity contribution is -0.112. The van der Waals surface area contributed by atoms with Crippen LogP contribution in [0, 0.1) is 6.92 Å². The second-order valence-corrected chi connectivity index (χ2v) is 2.72. The molecule has 47 valence electrons. The molecule has 0 aromatic heterocycles. The summed E-state index contributed by atoms with van der Waals surface area (Å²) in [6.45, 7) is 2.75. The Morgan fingerprint density at radius 3 is 2.00 bits per heavy atom. The van der Waals surface area contributed by atoms with E-state index >= 15 is 0 Å². The van der Waals surface area contributed by atoms with Crippen molar-refractivity contribution in [2.75, 3.05) is 5.75 Å². The SMILES string of the molecule is [CH2]C(=O)CS(=O)(=O)O. The zero-order chi connectivity index (χ0) is 6.78. The minimum absolute atomic E-state index is 0.812. The van der Waals surface area contributed by atoms with Crippen LogP contribution in [0.5, 0.6) is 0 Å². The largest absolute Gasteiger partial charge is 0.298 e. The quantitative estimate of drug-likeness (QED) is 0.510. The van der Waals surface area contributed by atoms with Crippen molar-refractivity contribution < 1.29 is 17.8 Å². The Hall–Kier alpha value is -0.420. The van der Waals surface area contributed by atoms with Crippen LogP contribution in [-0.4, -0.2) is 24.5 Å². The summed E-state index contributed by atoms with van der Waals surface area (Å²) in [5.41, 5.74) is 0. The Labute approximate surface area is 47.3 Å². The molecule has 0 heterocycles. The average Bonchev–Trinajstić information content (AvgIpc) is 1.21. The summed E-state index contributed by atoms with van der Waals surface area (Å²) < 4.78 is 27.4. The van der Waals surface area contributed by atoms with Gasteiger partial charge in [0.05, 0.1) is 0 Å². The van der Waals surface area contributed by atoms with E-state index in [1.807, 2.05) is 0 Å². The monoisotopic (exact) mass is 137 g/mol. The lowest BCUT2D eigenvalue weighted by Gasteiger charge is -1.86. The second-order valence-electron chi connectivity index (χ2n) is 1.26. The molecule has 0 aliphatic rings. The van der Waals surface area contributed by atoms with Crippen LogP contribution in [-0.2, 0) is 14.9 Å². The van der Waals surface area contributed by atoms with Crippen LogP contribution in [0.3, 0.4) is 0 Å². The first-order chi connectivity index (χ1) is 3.42. The van der Waals surface area contributed by atoms with Crippen LogP contribution < -0.4 is 0 Å². The summed E-state index contributed by atoms with van der Waals surface area (Å²) in [6, 6.07) is 0. The molecule has 0 fully saturated rings. The molecular formula is C3H5O4S. The van der Waals surface area contributed by atoms with E-state index in [2.05, 4.69) is 6.92 Å². The molecule has 0 saturated heterocycles. The van der Waals surface area contributed by atoms with Crippen molar-refractivity contribution in [2.45, 2.75) is 0 Å². The van der Waals surface area contributed by atoms with Gasteiger partial charge >= 0.3 is 0 Å². The number of Topliss-reactive ketones (excluding diaryl/α,β-unsaturated/α-hetero) is 1. The van der Waals surface area contributed by atoms with Gasteiger partial charge in [0, 0.05) is 6.92 Å². The summed E-state index contributed by atoms with van der Waals surface area (Å²) >= 11 is 0. The van der Waals surface area contributed by atoms with Gasteiger partial charge in [0.2, 0.25) is 0 Å². The maximum Gasteiger partial charge on any atom is 0.272 e. The third-order valence-corrected chi connectivity index (χ3v) is 1.03. The fourth-order valence-corrected chi connectivity index (χ4v) is 0.610. The van der Waals surface area contributed by atoms with E-state index in [1.165, 1.54) is 0 Å². The smallest absolute Gasteiger partial charge is 0.272 e. The molecule has 0 atom stereocenters. The number of rotatable bonds is 2. The van der Waals surface area contributed by atoms with E-state index in [0.29, 0.717) is 0 Å². The highest BCUT2D eigenvalue weighted by atomic mass is 32.2. The standard InChI is InChI=1S/C3H5O4S/c1-3(4)2-8(5,6)7/h1-2H2,(H,5,6,7). The summed E-state index contributed by atoms with van der Waals surface area (Å²) in [5, 5.41) is 0. The molecule has 0 amide bonds. The van der Waals surface area contributed by atoms with E-state index < -0.39 is 21.7 Å². The maximum atomic E-state index is 9.81. The van der Waals surface area contributed by atoms with Gasteiger partial charge in [0.1, 0.15) is 5.75 Å². The number of carbonyl (C=O) groups is 1. The maximum absolute atomic E-state index is 9.81. The molecule has 8 heavy (non-hydrogen) atoms. The topological polar surface area (TPSA) is 71.4 Å². The third kappa shape index (κ3) is 5.58. The van der Waals surface area contributed by atoms with E-state index in [4.69, 9.17) is 4.55 Å². The molecule has 0 aromatic rings. The van der Waals surface area contributed by atoms with Crippen molar-refractivity contribution in [3.8, 4) is 0 Å².